The van der Waals surface area contributed by atoms with E-state index in [1.165, 1.54) is 19.3 Å². The summed E-state index contributed by atoms with van der Waals surface area (Å²) in [4.78, 5) is 0. The predicted molar refractivity (Wildman–Crippen MR) is 109 cm³/mol. The highest BCUT2D eigenvalue weighted by Gasteiger charge is 2.23. The maximum atomic E-state index is 10.3. The summed E-state index contributed by atoms with van der Waals surface area (Å²) in [6, 6.07) is 5.50. The van der Waals surface area contributed by atoms with Crippen LogP contribution >= 0.6 is 0 Å². The lowest BCUT2D eigenvalue weighted by Crippen LogP contribution is -2.43. The van der Waals surface area contributed by atoms with Crippen molar-refractivity contribution in [3.8, 4) is 11.5 Å². The van der Waals surface area contributed by atoms with Crippen LogP contribution in [-0.4, -0.2) is 29.0 Å². The number of aromatic hydroxyl groups is 1. The molecule has 1 aromatic rings. The van der Waals surface area contributed by atoms with Gasteiger partial charge in [-0.2, -0.15) is 0 Å². The third-order valence-electron chi connectivity index (χ3n) is 5.02. The van der Waals surface area contributed by atoms with Crippen LogP contribution in [0.15, 0.2) is 18.2 Å². The molecule has 26 heavy (non-hydrogen) atoms. The van der Waals surface area contributed by atoms with Crippen molar-refractivity contribution >= 4 is 0 Å². The average molecular weight is 366 g/mol. The molecule has 0 spiro atoms. The quantitative estimate of drug-likeness (QED) is 0.475. The highest BCUT2D eigenvalue weighted by atomic mass is 16.5. The number of aliphatic hydroxyl groups excluding tert-OH is 1. The number of phenolic OH excluding ortho intramolecular Hbond substituents is 1. The Kier molecular flexibility index (Phi) is 10.0. The fourth-order valence-corrected chi connectivity index (χ4v) is 3.21. The van der Waals surface area contributed by atoms with Crippen LogP contribution in [-0.2, 0) is 6.42 Å². The Bertz CT molecular complexity index is 518. The lowest BCUT2D eigenvalue weighted by molar-refractivity contribution is 0.177. The third kappa shape index (κ3) is 8.41. The van der Waals surface area contributed by atoms with Crippen molar-refractivity contribution in [2.24, 2.45) is 17.6 Å². The van der Waals surface area contributed by atoms with Gasteiger partial charge in [-0.05, 0) is 49.1 Å². The molecule has 1 rings (SSSR count). The molecule has 0 amide bonds. The topological polar surface area (TPSA) is 75.7 Å². The van der Waals surface area contributed by atoms with E-state index in [2.05, 4.69) is 27.7 Å². The van der Waals surface area contributed by atoms with Crippen LogP contribution in [0.2, 0.25) is 0 Å². The summed E-state index contributed by atoms with van der Waals surface area (Å²) < 4.78 is 5.84. The molecule has 4 N–H and O–H groups in total. The average Bonchev–Trinajstić information content (AvgIpc) is 2.59. The first-order valence-corrected chi connectivity index (χ1v) is 10.1. The Morgan fingerprint density at radius 1 is 1.15 bits per heavy atom. The van der Waals surface area contributed by atoms with Gasteiger partial charge in [-0.15, -0.1) is 0 Å². The molecule has 0 aliphatic rings. The third-order valence-corrected chi connectivity index (χ3v) is 5.02. The zero-order valence-electron chi connectivity index (χ0n) is 17.1. The second-order valence-electron chi connectivity index (χ2n) is 8.30. The molecule has 0 bridgehead atoms. The molecule has 0 saturated carbocycles. The number of hydrogen-bond acceptors (Lipinski definition) is 4. The van der Waals surface area contributed by atoms with Gasteiger partial charge in [0.05, 0.1) is 13.2 Å². The molecular weight excluding hydrogens is 326 g/mol. The highest BCUT2D eigenvalue weighted by molar-refractivity contribution is 5.39. The molecule has 2 atom stereocenters. The first-order chi connectivity index (χ1) is 12.3. The van der Waals surface area contributed by atoms with E-state index in [9.17, 15) is 10.2 Å². The van der Waals surface area contributed by atoms with Crippen LogP contribution in [0.3, 0.4) is 0 Å². The summed E-state index contributed by atoms with van der Waals surface area (Å²) in [6.07, 6.45) is 6.67. The van der Waals surface area contributed by atoms with Crippen LogP contribution in [0.25, 0.3) is 0 Å². The number of aryl methyl sites for hydroxylation is 1. The van der Waals surface area contributed by atoms with Gasteiger partial charge in [-0.3, -0.25) is 0 Å². The lowest BCUT2D eigenvalue weighted by Gasteiger charge is -2.27. The van der Waals surface area contributed by atoms with Crippen LogP contribution < -0.4 is 10.5 Å². The molecule has 4 nitrogen and oxygen atoms in total. The Hall–Kier alpha value is -1.26. The molecule has 0 saturated heterocycles. The van der Waals surface area contributed by atoms with E-state index in [4.69, 9.17) is 10.5 Å². The molecule has 0 heterocycles. The van der Waals surface area contributed by atoms with Gasteiger partial charge in [0.2, 0.25) is 0 Å². The number of benzene rings is 1. The molecule has 150 valence electrons. The van der Waals surface area contributed by atoms with E-state index in [0.717, 1.165) is 24.3 Å². The van der Waals surface area contributed by atoms with Crippen molar-refractivity contribution in [1.82, 2.24) is 0 Å². The second kappa shape index (κ2) is 11.5. The minimum atomic E-state index is -0.568. The summed E-state index contributed by atoms with van der Waals surface area (Å²) in [5.41, 5.74) is 6.50. The van der Waals surface area contributed by atoms with Gasteiger partial charge in [0.15, 0.2) is 0 Å². The minimum Gasteiger partial charge on any atom is -0.508 e. The molecular formula is C22H39NO3. The van der Waals surface area contributed by atoms with E-state index < -0.39 is 5.54 Å². The number of nitrogens with two attached hydrogens (primary N) is 1. The van der Waals surface area contributed by atoms with E-state index >= 15 is 0 Å². The first kappa shape index (κ1) is 22.8. The van der Waals surface area contributed by atoms with Crippen molar-refractivity contribution < 1.29 is 14.9 Å². The normalized spacial score (nSPS) is 15.0. The van der Waals surface area contributed by atoms with Crippen LogP contribution in [0.5, 0.6) is 11.5 Å². The van der Waals surface area contributed by atoms with Crippen LogP contribution in [0.1, 0.15) is 71.8 Å². The summed E-state index contributed by atoms with van der Waals surface area (Å²) >= 11 is 0. The Morgan fingerprint density at radius 2 is 1.88 bits per heavy atom. The van der Waals surface area contributed by atoms with Gasteiger partial charge >= 0.3 is 0 Å². The standard InChI is InChI=1S/C22H39NO3/c1-5-12-22(23,16-24)13-11-19-9-10-20(14-21(19)25)26-15-18(4)8-6-7-17(2)3/h9-10,14,17-18,24-25H,5-8,11-13,15-16,23H2,1-4H3/t18?,22-/m0/s1. The molecule has 0 fully saturated rings. The molecule has 1 unspecified atom stereocenters. The van der Waals surface area contributed by atoms with Gasteiger partial charge in [-0.25, -0.2) is 0 Å². The molecule has 4 heteroatoms. The van der Waals surface area contributed by atoms with Gasteiger partial charge in [0.25, 0.3) is 0 Å². The van der Waals surface area contributed by atoms with Crippen molar-refractivity contribution in [2.45, 2.75) is 78.2 Å². The lowest BCUT2D eigenvalue weighted by atomic mass is 9.88. The Labute approximate surface area is 159 Å². The zero-order valence-corrected chi connectivity index (χ0v) is 17.1. The van der Waals surface area contributed by atoms with E-state index in [-0.39, 0.29) is 12.4 Å². The largest absolute Gasteiger partial charge is 0.508 e. The van der Waals surface area contributed by atoms with Crippen molar-refractivity contribution in [3.63, 3.8) is 0 Å². The zero-order chi connectivity index (χ0) is 19.6. The summed E-state index contributed by atoms with van der Waals surface area (Å²) in [5, 5.41) is 19.8. The smallest absolute Gasteiger partial charge is 0.123 e. The van der Waals surface area contributed by atoms with E-state index in [1.54, 1.807) is 6.07 Å². The summed E-state index contributed by atoms with van der Waals surface area (Å²) in [7, 11) is 0. The summed E-state index contributed by atoms with van der Waals surface area (Å²) in [5.74, 6) is 2.21. The van der Waals surface area contributed by atoms with Crippen molar-refractivity contribution in [3.05, 3.63) is 23.8 Å². The number of hydrogen-bond donors (Lipinski definition) is 3. The van der Waals surface area contributed by atoms with E-state index in [0.29, 0.717) is 31.1 Å². The predicted octanol–water partition coefficient (Wildman–Crippen LogP) is 4.66. The van der Waals surface area contributed by atoms with Crippen LogP contribution in [0, 0.1) is 11.8 Å². The highest BCUT2D eigenvalue weighted by Crippen LogP contribution is 2.27. The molecule has 0 aliphatic heterocycles. The van der Waals surface area contributed by atoms with Gasteiger partial charge in [0.1, 0.15) is 11.5 Å². The Morgan fingerprint density at radius 3 is 2.46 bits per heavy atom. The van der Waals surface area contributed by atoms with Crippen molar-refractivity contribution in [2.75, 3.05) is 13.2 Å². The minimum absolute atomic E-state index is 0.0303. The second-order valence-corrected chi connectivity index (χ2v) is 8.30. The maximum absolute atomic E-state index is 10.3. The molecule has 0 aromatic heterocycles. The van der Waals surface area contributed by atoms with Gasteiger partial charge in [-0.1, -0.05) is 53.0 Å². The van der Waals surface area contributed by atoms with Gasteiger partial charge < -0.3 is 20.7 Å². The molecule has 0 radical (unpaired) electrons. The number of aliphatic hydroxyl groups is 1. The number of phenols is 1. The Balaban J connectivity index is 2.48. The number of ether oxygens (including phenoxy) is 1. The van der Waals surface area contributed by atoms with Gasteiger partial charge in [0, 0.05) is 11.6 Å². The van der Waals surface area contributed by atoms with E-state index in [1.807, 2.05) is 12.1 Å². The fourth-order valence-electron chi connectivity index (χ4n) is 3.21. The molecule has 0 aliphatic carbocycles. The number of rotatable bonds is 13. The first-order valence-electron chi connectivity index (χ1n) is 10.1. The molecule has 1 aromatic carbocycles. The maximum Gasteiger partial charge on any atom is 0.123 e. The van der Waals surface area contributed by atoms with Crippen LogP contribution in [0.4, 0.5) is 0 Å². The monoisotopic (exact) mass is 365 g/mol. The summed E-state index contributed by atoms with van der Waals surface area (Å²) in [6.45, 7) is 9.41. The van der Waals surface area contributed by atoms with Crippen molar-refractivity contribution in [1.29, 1.82) is 0 Å². The fraction of sp³-hybridized carbons (Fsp3) is 0.727. The SMILES string of the molecule is CCC[C@@](N)(CO)CCc1ccc(OCC(C)CCCC(C)C)cc1O.